The predicted molar refractivity (Wildman–Crippen MR) is 75.7 cm³/mol. The molecule has 0 fully saturated rings. The lowest BCUT2D eigenvalue weighted by atomic mass is 10.0. The Morgan fingerprint density at radius 3 is 2.67 bits per heavy atom. The molecule has 0 aliphatic rings. The number of sulfonamides is 1. The number of carbonyl (C=O) groups is 1. The van der Waals surface area contributed by atoms with E-state index in [0.717, 1.165) is 6.07 Å². The number of rotatable bonds is 8. The summed E-state index contributed by atoms with van der Waals surface area (Å²) >= 11 is 2.85. The summed E-state index contributed by atoms with van der Waals surface area (Å²) in [5, 5.41) is 18.7. The third-order valence-electron chi connectivity index (χ3n) is 2.64. The van der Waals surface area contributed by atoms with Gasteiger partial charge in [-0.1, -0.05) is 0 Å². The minimum Gasteiger partial charge on any atom is -0.475 e. The SMILES string of the molecule is COCCC(C)(O)CNS(=O)(=O)c1cc(C(=O)O)oc1Br. The molecule has 0 aliphatic heterocycles. The van der Waals surface area contributed by atoms with E-state index in [1.54, 1.807) is 0 Å². The zero-order valence-electron chi connectivity index (χ0n) is 11.4. The number of aromatic carboxylic acids is 1. The molecule has 1 atom stereocenters. The molecule has 0 aliphatic carbocycles. The van der Waals surface area contributed by atoms with Gasteiger partial charge in [-0.3, -0.25) is 0 Å². The molecule has 0 saturated carbocycles. The number of carboxylic acid groups (broad SMARTS) is 1. The Labute approximate surface area is 130 Å². The maximum Gasteiger partial charge on any atom is 0.371 e. The maximum absolute atomic E-state index is 12.1. The highest BCUT2D eigenvalue weighted by Crippen LogP contribution is 2.26. The molecule has 8 nitrogen and oxygen atoms in total. The largest absolute Gasteiger partial charge is 0.475 e. The highest BCUT2D eigenvalue weighted by atomic mass is 79.9. The van der Waals surface area contributed by atoms with Crippen molar-refractivity contribution in [3.05, 3.63) is 16.5 Å². The number of aliphatic hydroxyl groups is 1. The van der Waals surface area contributed by atoms with Crippen molar-refractivity contribution in [2.24, 2.45) is 0 Å². The van der Waals surface area contributed by atoms with Crippen LogP contribution in [0.1, 0.15) is 23.9 Å². The second kappa shape index (κ2) is 6.88. The molecule has 120 valence electrons. The van der Waals surface area contributed by atoms with Gasteiger partial charge >= 0.3 is 5.97 Å². The summed E-state index contributed by atoms with van der Waals surface area (Å²) < 4.78 is 35.7. The van der Waals surface area contributed by atoms with E-state index in [1.807, 2.05) is 0 Å². The van der Waals surface area contributed by atoms with E-state index in [0.29, 0.717) is 0 Å². The molecule has 1 heterocycles. The summed E-state index contributed by atoms with van der Waals surface area (Å²) in [5.41, 5.74) is -1.30. The Morgan fingerprint density at radius 2 is 2.19 bits per heavy atom. The van der Waals surface area contributed by atoms with E-state index in [9.17, 15) is 18.3 Å². The quantitative estimate of drug-likeness (QED) is 0.603. The van der Waals surface area contributed by atoms with Gasteiger partial charge in [0.25, 0.3) is 0 Å². The molecule has 0 amide bonds. The number of nitrogens with one attached hydrogen (secondary N) is 1. The van der Waals surface area contributed by atoms with Gasteiger partial charge in [-0.05, 0) is 22.9 Å². The number of hydrogen-bond acceptors (Lipinski definition) is 6. The van der Waals surface area contributed by atoms with Gasteiger partial charge in [0.15, 0.2) is 4.67 Å². The fourth-order valence-electron chi connectivity index (χ4n) is 1.38. The fraction of sp³-hybridized carbons (Fsp3) is 0.545. The molecule has 0 spiro atoms. The van der Waals surface area contributed by atoms with Crippen molar-refractivity contribution in [1.29, 1.82) is 0 Å². The standard InChI is InChI=1S/C11H16BrNO7S/c1-11(16,3-4-19-2)6-13-21(17,18)8-5-7(10(14)15)20-9(8)12/h5,13,16H,3-4,6H2,1-2H3,(H,14,15). The smallest absolute Gasteiger partial charge is 0.371 e. The van der Waals surface area contributed by atoms with E-state index in [2.05, 4.69) is 20.7 Å². The Hall–Kier alpha value is -0.940. The van der Waals surface area contributed by atoms with Crippen LogP contribution in [-0.4, -0.2) is 50.5 Å². The van der Waals surface area contributed by atoms with Crippen LogP contribution in [0.15, 0.2) is 20.0 Å². The molecular weight excluding hydrogens is 370 g/mol. The Kier molecular flexibility index (Phi) is 5.93. The molecule has 1 rings (SSSR count). The van der Waals surface area contributed by atoms with E-state index >= 15 is 0 Å². The van der Waals surface area contributed by atoms with Crippen LogP contribution >= 0.6 is 15.9 Å². The van der Waals surface area contributed by atoms with Gasteiger partial charge in [-0.25, -0.2) is 17.9 Å². The average Bonchev–Trinajstić information content (AvgIpc) is 2.78. The summed E-state index contributed by atoms with van der Waals surface area (Å²) in [6.07, 6.45) is 0.235. The molecule has 0 bridgehead atoms. The van der Waals surface area contributed by atoms with Crippen LogP contribution in [0.5, 0.6) is 0 Å². The summed E-state index contributed by atoms with van der Waals surface area (Å²) in [4.78, 5) is 10.4. The van der Waals surface area contributed by atoms with Crippen molar-refractivity contribution >= 4 is 31.9 Å². The van der Waals surface area contributed by atoms with Crippen LogP contribution in [0.2, 0.25) is 0 Å². The van der Waals surface area contributed by atoms with Gasteiger partial charge in [0.1, 0.15) is 4.90 Å². The molecule has 1 aromatic heterocycles. The van der Waals surface area contributed by atoms with Gasteiger partial charge in [0, 0.05) is 32.7 Å². The first-order valence-electron chi connectivity index (χ1n) is 5.83. The number of ether oxygens (including phenoxy) is 1. The van der Waals surface area contributed by atoms with Crippen LogP contribution in [0, 0.1) is 0 Å². The first-order chi connectivity index (χ1) is 9.59. The Bertz CT molecular complexity index is 608. The van der Waals surface area contributed by atoms with Crippen molar-refractivity contribution in [1.82, 2.24) is 4.72 Å². The third-order valence-corrected chi connectivity index (χ3v) is 4.90. The van der Waals surface area contributed by atoms with E-state index < -0.39 is 27.4 Å². The van der Waals surface area contributed by atoms with Gasteiger partial charge < -0.3 is 19.4 Å². The van der Waals surface area contributed by atoms with Crippen molar-refractivity contribution in [2.45, 2.75) is 23.8 Å². The molecule has 3 N–H and O–H groups in total. The average molecular weight is 386 g/mol. The highest BCUT2D eigenvalue weighted by molar-refractivity contribution is 9.10. The number of halogens is 1. The molecule has 0 aromatic carbocycles. The van der Waals surface area contributed by atoms with Crippen LogP contribution in [0.4, 0.5) is 0 Å². The maximum atomic E-state index is 12.1. The van der Waals surface area contributed by atoms with Gasteiger partial charge in [0.05, 0.1) is 5.60 Å². The van der Waals surface area contributed by atoms with E-state index in [-0.39, 0.29) is 29.1 Å². The third kappa shape index (κ3) is 5.08. The second-order valence-corrected chi connectivity index (χ2v) is 7.07. The van der Waals surface area contributed by atoms with Crippen molar-refractivity contribution in [2.75, 3.05) is 20.3 Å². The van der Waals surface area contributed by atoms with Crippen LogP contribution in [0.3, 0.4) is 0 Å². The van der Waals surface area contributed by atoms with Gasteiger partial charge in [0.2, 0.25) is 15.8 Å². The Balaban J connectivity index is 2.85. The molecule has 1 unspecified atom stereocenters. The summed E-state index contributed by atoms with van der Waals surface area (Å²) in [6.45, 7) is 1.48. The zero-order chi connectivity index (χ0) is 16.3. The zero-order valence-corrected chi connectivity index (χ0v) is 13.8. The highest BCUT2D eigenvalue weighted by Gasteiger charge is 2.28. The number of methoxy groups -OCH3 is 1. The number of carboxylic acids is 1. The van der Waals surface area contributed by atoms with Gasteiger partial charge in [-0.15, -0.1) is 0 Å². The normalized spacial score (nSPS) is 14.9. The van der Waals surface area contributed by atoms with E-state index in [4.69, 9.17) is 14.3 Å². The summed E-state index contributed by atoms with van der Waals surface area (Å²) in [5.74, 6) is -1.89. The van der Waals surface area contributed by atoms with E-state index in [1.165, 1.54) is 14.0 Å². The minimum absolute atomic E-state index is 0.219. The fourth-order valence-corrected chi connectivity index (χ4v) is 3.48. The monoisotopic (exact) mass is 385 g/mol. The molecule has 0 saturated heterocycles. The first kappa shape index (κ1) is 18.1. The van der Waals surface area contributed by atoms with Crippen LogP contribution in [0.25, 0.3) is 0 Å². The molecule has 1 aromatic rings. The van der Waals surface area contributed by atoms with Crippen LogP contribution < -0.4 is 4.72 Å². The van der Waals surface area contributed by atoms with Gasteiger partial charge in [-0.2, -0.15) is 0 Å². The lowest BCUT2D eigenvalue weighted by Crippen LogP contribution is -2.41. The van der Waals surface area contributed by atoms with Crippen LogP contribution in [-0.2, 0) is 14.8 Å². The summed E-state index contributed by atoms with van der Waals surface area (Å²) in [6, 6.07) is 0.888. The lowest BCUT2D eigenvalue weighted by molar-refractivity contribution is 0.0292. The van der Waals surface area contributed by atoms with Crippen molar-refractivity contribution < 1.29 is 32.6 Å². The predicted octanol–water partition coefficient (Wildman–Crippen LogP) is 0.806. The first-order valence-corrected chi connectivity index (χ1v) is 8.10. The minimum atomic E-state index is -4.02. The molecule has 10 heteroatoms. The topological polar surface area (TPSA) is 126 Å². The Morgan fingerprint density at radius 1 is 1.57 bits per heavy atom. The molecule has 0 radical (unpaired) electrons. The molecular formula is C11H16BrNO7S. The summed E-state index contributed by atoms with van der Waals surface area (Å²) in [7, 11) is -2.55. The number of furan rings is 1. The van der Waals surface area contributed by atoms with Crippen molar-refractivity contribution in [3.8, 4) is 0 Å². The lowest BCUT2D eigenvalue weighted by Gasteiger charge is -2.22. The molecule has 21 heavy (non-hydrogen) atoms. The number of hydrogen-bond donors (Lipinski definition) is 3. The second-order valence-electron chi connectivity index (χ2n) is 4.62. The van der Waals surface area contributed by atoms with Crippen molar-refractivity contribution in [3.63, 3.8) is 0 Å².